The van der Waals surface area contributed by atoms with Gasteiger partial charge in [-0.05, 0) is 55.7 Å². The minimum Gasteiger partial charge on any atom is -0.481 e. The Morgan fingerprint density at radius 2 is 1.94 bits per heavy atom. The van der Waals surface area contributed by atoms with Crippen molar-refractivity contribution in [3.63, 3.8) is 0 Å². The molecule has 0 radical (unpaired) electrons. The molecule has 2 aromatic carbocycles. The lowest BCUT2D eigenvalue weighted by molar-refractivity contribution is -0.136. The van der Waals surface area contributed by atoms with Crippen molar-refractivity contribution >= 4 is 23.4 Å². The first-order valence-corrected chi connectivity index (χ1v) is 10.6. The van der Waals surface area contributed by atoms with Crippen molar-refractivity contribution in [2.75, 3.05) is 31.1 Å². The first-order chi connectivity index (χ1) is 15.3. The molecule has 2 aromatic rings. The predicted octanol–water partition coefficient (Wildman–Crippen LogP) is 2.85. The molecule has 3 rings (SSSR count). The summed E-state index contributed by atoms with van der Waals surface area (Å²) in [5, 5.41) is 16.7. The number of amides is 1. The summed E-state index contributed by atoms with van der Waals surface area (Å²) in [6.45, 7) is 4.16. The molecule has 1 amide bonds. The summed E-state index contributed by atoms with van der Waals surface area (Å²) in [6, 6.07) is 12.7. The molecule has 7 nitrogen and oxygen atoms in total. The van der Waals surface area contributed by atoms with Gasteiger partial charge in [0.1, 0.15) is 5.84 Å². The molecule has 1 fully saturated rings. The lowest BCUT2D eigenvalue weighted by Gasteiger charge is -2.22. The van der Waals surface area contributed by atoms with Gasteiger partial charge >= 0.3 is 5.97 Å². The summed E-state index contributed by atoms with van der Waals surface area (Å²) in [4.78, 5) is 27.5. The minimum absolute atomic E-state index is 0.0294. The van der Waals surface area contributed by atoms with Gasteiger partial charge in [0.25, 0.3) is 5.91 Å². The van der Waals surface area contributed by atoms with Crippen LogP contribution in [-0.4, -0.2) is 53.9 Å². The second-order valence-electron chi connectivity index (χ2n) is 7.86. The minimum atomic E-state index is -0.889. The third-order valence-electron chi connectivity index (χ3n) is 5.47. The van der Waals surface area contributed by atoms with Crippen LogP contribution in [0.1, 0.15) is 46.3 Å². The maximum Gasteiger partial charge on any atom is 0.305 e. The SMILES string of the molecule is Cc1cc(C#CCN(CCC(=O)O)c2cccc(C(=N)N)c2)ccc1C(=O)N1CCCC1. The topological polar surface area (TPSA) is 111 Å². The zero-order valence-electron chi connectivity index (χ0n) is 18.2. The fraction of sp³-hybridized carbons (Fsp3) is 0.320. The quantitative estimate of drug-likeness (QED) is 0.354. The second-order valence-corrected chi connectivity index (χ2v) is 7.86. The molecule has 32 heavy (non-hydrogen) atoms. The predicted molar refractivity (Wildman–Crippen MR) is 125 cm³/mol. The summed E-state index contributed by atoms with van der Waals surface area (Å²) in [5.41, 5.74) is 9.32. The zero-order valence-corrected chi connectivity index (χ0v) is 18.2. The molecular formula is C25H28N4O3. The van der Waals surface area contributed by atoms with Crippen molar-refractivity contribution in [1.82, 2.24) is 4.90 Å². The van der Waals surface area contributed by atoms with E-state index in [0.29, 0.717) is 17.7 Å². The normalized spacial score (nSPS) is 12.7. The standard InChI is InChI=1S/C25H28N4O3/c1-18-16-19(9-10-22(18)25(32)29-12-2-3-13-29)6-5-14-28(15-11-23(30)31)21-8-4-7-20(17-21)24(26)27/h4,7-10,16-17H,2-3,11-15H2,1H3,(H3,26,27)(H,30,31). The molecule has 1 aliphatic heterocycles. The number of hydrogen-bond acceptors (Lipinski definition) is 4. The molecule has 1 heterocycles. The molecule has 0 aromatic heterocycles. The average Bonchev–Trinajstić information content (AvgIpc) is 3.30. The third kappa shape index (κ3) is 5.88. The summed E-state index contributed by atoms with van der Waals surface area (Å²) in [5.74, 6) is 5.36. The van der Waals surface area contributed by atoms with Crippen LogP contribution in [0.15, 0.2) is 42.5 Å². The number of aryl methyl sites for hydroxylation is 1. The maximum atomic E-state index is 12.7. The number of amidine groups is 1. The van der Waals surface area contributed by atoms with E-state index in [2.05, 4.69) is 11.8 Å². The Labute approximate surface area is 188 Å². The number of carboxylic acids is 1. The Balaban J connectivity index is 1.75. The molecule has 1 aliphatic rings. The van der Waals surface area contributed by atoms with E-state index in [1.54, 1.807) is 18.2 Å². The molecule has 7 heteroatoms. The Hall–Kier alpha value is -3.79. The van der Waals surface area contributed by atoms with Crippen LogP contribution in [0.25, 0.3) is 0 Å². The summed E-state index contributed by atoms with van der Waals surface area (Å²) < 4.78 is 0. The summed E-state index contributed by atoms with van der Waals surface area (Å²) in [6.07, 6.45) is 2.09. The highest BCUT2D eigenvalue weighted by Gasteiger charge is 2.20. The number of nitrogens with one attached hydrogen (secondary N) is 1. The van der Waals surface area contributed by atoms with E-state index in [0.717, 1.165) is 42.7 Å². The van der Waals surface area contributed by atoms with E-state index in [4.69, 9.17) is 16.2 Å². The number of carbonyl (C=O) groups excluding carboxylic acids is 1. The fourth-order valence-corrected chi connectivity index (χ4v) is 3.71. The molecule has 0 saturated carbocycles. The molecule has 0 bridgehead atoms. The maximum absolute atomic E-state index is 12.7. The van der Waals surface area contributed by atoms with E-state index in [-0.39, 0.29) is 24.7 Å². The van der Waals surface area contributed by atoms with Crippen molar-refractivity contribution in [3.05, 3.63) is 64.7 Å². The largest absolute Gasteiger partial charge is 0.481 e. The number of nitrogens with zero attached hydrogens (tertiary/aromatic N) is 2. The molecule has 0 aliphatic carbocycles. The highest BCUT2D eigenvalue weighted by Crippen LogP contribution is 2.18. The van der Waals surface area contributed by atoms with Crippen molar-refractivity contribution in [2.24, 2.45) is 5.73 Å². The van der Waals surface area contributed by atoms with Crippen LogP contribution in [0.4, 0.5) is 5.69 Å². The van der Waals surface area contributed by atoms with Gasteiger partial charge in [-0.25, -0.2) is 0 Å². The van der Waals surface area contributed by atoms with Crippen LogP contribution in [0.2, 0.25) is 0 Å². The number of likely N-dealkylation sites (tertiary alicyclic amines) is 1. The Kier molecular flexibility index (Phi) is 7.50. The monoisotopic (exact) mass is 432 g/mol. The lowest BCUT2D eigenvalue weighted by atomic mass is 10.0. The van der Waals surface area contributed by atoms with Gasteiger partial charge in [0.2, 0.25) is 0 Å². The lowest BCUT2D eigenvalue weighted by Crippen LogP contribution is -2.28. The first kappa shape index (κ1) is 22.9. The van der Waals surface area contributed by atoms with Crippen LogP contribution in [-0.2, 0) is 4.79 Å². The van der Waals surface area contributed by atoms with Crippen LogP contribution >= 0.6 is 0 Å². The summed E-state index contributed by atoms with van der Waals surface area (Å²) >= 11 is 0. The molecule has 0 unspecified atom stereocenters. The van der Waals surface area contributed by atoms with Gasteiger partial charge in [-0.1, -0.05) is 24.0 Å². The number of aliphatic carboxylic acids is 1. The highest BCUT2D eigenvalue weighted by molar-refractivity contribution is 5.96. The van der Waals surface area contributed by atoms with Crippen LogP contribution < -0.4 is 10.6 Å². The highest BCUT2D eigenvalue weighted by atomic mass is 16.4. The number of hydrogen-bond donors (Lipinski definition) is 3. The Bertz CT molecular complexity index is 1080. The molecule has 4 N–H and O–H groups in total. The first-order valence-electron chi connectivity index (χ1n) is 10.6. The van der Waals surface area contributed by atoms with Crippen LogP contribution in [0.5, 0.6) is 0 Å². The van der Waals surface area contributed by atoms with Gasteiger partial charge in [-0.2, -0.15) is 0 Å². The van der Waals surface area contributed by atoms with Gasteiger partial charge in [-0.15, -0.1) is 0 Å². The van der Waals surface area contributed by atoms with Gasteiger partial charge < -0.3 is 20.6 Å². The van der Waals surface area contributed by atoms with Gasteiger partial charge in [-0.3, -0.25) is 15.0 Å². The number of benzene rings is 2. The van der Waals surface area contributed by atoms with Crippen LogP contribution in [0.3, 0.4) is 0 Å². The number of carbonyl (C=O) groups is 2. The fourth-order valence-electron chi connectivity index (χ4n) is 3.71. The van der Waals surface area contributed by atoms with Crippen molar-refractivity contribution in [3.8, 4) is 11.8 Å². The second kappa shape index (κ2) is 10.5. The van der Waals surface area contributed by atoms with E-state index in [9.17, 15) is 9.59 Å². The molecular weight excluding hydrogens is 404 g/mol. The molecule has 0 atom stereocenters. The zero-order chi connectivity index (χ0) is 23.1. The number of nitrogens with two attached hydrogens (primary N) is 1. The number of rotatable bonds is 7. The van der Waals surface area contributed by atoms with Gasteiger partial charge in [0.05, 0.1) is 13.0 Å². The van der Waals surface area contributed by atoms with E-state index in [1.807, 2.05) is 41.0 Å². The number of nitrogen functional groups attached to an aromatic ring is 1. The van der Waals surface area contributed by atoms with E-state index < -0.39 is 5.97 Å². The molecule has 1 saturated heterocycles. The Morgan fingerprint density at radius 1 is 1.19 bits per heavy atom. The van der Waals surface area contributed by atoms with Crippen LogP contribution in [0, 0.1) is 24.2 Å². The van der Waals surface area contributed by atoms with Gasteiger partial charge in [0, 0.05) is 42.0 Å². The van der Waals surface area contributed by atoms with E-state index in [1.165, 1.54) is 0 Å². The van der Waals surface area contributed by atoms with Crippen molar-refractivity contribution < 1.29 is 14.7 Å². The van der Waals surface area contributed by atoms with Crippen molar-refractivity contribution in [2.45, 2.75) is 26.2 Å². The van der Waals surface area contributed by atoms with E-state index >= 15 is 0 Å². The smallest absolute Gasteiger partial charge is 0.305 e. The Morgan fingerprint density at radius 3 is 2.59 bits per heavy atom. The number of anilines is 1. The number of carboxylic acid groups (broad SMARTS) is 1. The third-order valence-corrected chi connectivity index (χ3v) is 5.47. The average molecular weight is 433 g/mol. The summed E-state index contributed by atoms with van der Waals surface area (Å²) in [7, 11) is 0. The molecule has 0 spiro atoms. The van der Waals surface area contributed by atoms with Gasteiger partial charge in [0.15, 0.2) is 0 Å². The molecule has 166 valence electrons. The van der Waals surface area contributed by atoms with Crippen molar-refractivity contribution in [1.29, 1.82) is 5.41 Å².